The number of hydrogen-bond acceptors (Lipinski definition) is 4. The molecule has 0 aliphatic heterocycles. The fraction of sp³-hybridized carbons (Fsp3) is 0.759. The van der Waals surface area contributed by atoms with Gasteiger partial charge in [0.25, 0.3) is 0 Å². The summed E-state index contributed by atoms with van der Waals surface area (Å²) in [7, 11) is 0. The maximum atomic E-state index is 12.1. The number of carboxylic acid groups (broad SMARTS) is 1. The summed E-state index contributed by atoms with van der Waals surface area (Å²) in [5.41, 5.74) is -0.122. The molecule has 0 saturated carbocycles. The highest BCUT2D eigenvalue weighted by atomic mass is 16.4. The molecule has 0 saturated heterocycles. The number of rotatable bonds is 22. The number of aromatic carboxylic acids is 1. The minimum atomic E-state index is -1.25. The van der Waals surface area contributed by atoms with Gasteiger partial charge in [0.15, 0.2) is 5.75 Å². The van der Waals surface area contributed by atoms with E-state index in [0.717, 1.165) is 25.3 Å². The first-order chi connectivity index (χ1) is 16.5. The van der Waals surface area contributed by atoms with Crippen molar-refractivity contribution in [3.63, 3.8) is 0 Å². The lowest BCUT2D eigenvalue weighted by molar-refractivity contribution is -0.271. The Balaban J connectivity index is 1.93. The Morgan fingerprint density at radius 1 is 0.676 bits per heavy atom. The molecule has 0 radical (unpaired) electrons. The zero-order valence-electron chi connectivity index (χ0n) is 21.6. The zero-order chi connectivity index (χ0) is 25.0. The van der Waals surface area contributed by atoms with Crippen molar-refractivity contribution in [1.29, 1.82) is 0 Å². The molecule has 0 heterocycles. The number of hydrogen-bond donors (Lipinski definition) is 3. The summed E-state index contributed by atoms with van der Waals surface area (Å²) in [6, 6.07) is 0.963. The van der Waals surface area contributed by atoms with Crippen LogP contribution in [0.3, 0.4) is 0 Å². The Morgan fingerprint density at radius 2 is 1.03 bits per heavy atom. The fourth-order valence-corrected chi connectivity index (χ4v) is 4.67. The van der Waals surface area contributed by atoms with Gasteiger partial charge in [0, 0.05) is 0 Å². The molecule has 0 unspecified atom stereocenters. The number of phenols is 2. The van der Waals surface area contributed by atoms with E-state index < -0.39 is 23.2 Å². The van der Waals surface area contributed by atoms with E-state index >= 15 is 0 Å². The number of phenolic OH excluding ortho intramolecular Hbond substituents is 2. The Kier molecular flexibility index (Phi) is 17.2. The largest absolute Gasteiger partial charge is 0.870 e. The van der Waals surface area contributed by atoms with Crippen LogP contribution in [0.1, 0.15) is 151 Å². The van der Waals surface area contributed by atoms with Crippen molar-refractivity contribution < 1.29 is 25.2 Å². The van der Waals surface area contributed by atoms with Crippen LogP contribution < -0.4 is 5.11 Å². The van der Waals surface area contributed by atoms with E-state index in [1.807, 2.05) is 0 Å². The van der Waals surface area contributed by atoms with Crippen LogP contribution >= 0.6 is 0 Å². The molecule has 196 valence electrons. The normalized spacial score (nSPS) is 11.2. The molecule has 5 nitrogen and oxygen atoms in total. The van der Waals surface area contributed by atoms with E-state index in [4.69, 9.17) is 0 Å². The van der Waals surface area contributed by atoms with Crippen LogP contribution in [0.15, 0.2) is 6.07 Å². The van der Waals surface area contributed by atoms with Gasteiger partial charge < -0.3 is 20.4 Å². The molecule has 0 amide bonds. The highest BCUT2D eigenvalue weighted by molar-refractivity contribution is 5.91. The van der Waals surface area contributed by atoms with E-state index in [1.165, 1.54) is 103 Å². The third-order valence-corrected chi connectivity index (χ3v) is 6.85. The quantitative estimate of drug-likeness (QED) is 0.115. The van der Waals surface area contributed by atoms with Crippen LogP contribution in [-0.4, -0.2) is 21.3 Å². The average Bonchev–Trinajstić information content (AvgIpc) is 2.82. The van der Waals surface area contributed by atoms with Gasteiger partial charge in [-0.1, -0.05) is 135 Å². The van der Waals surface area contributed by atoms with Crippen molar-refractivity contribution in [2.45, 2.75) is 142 Å². The second-order valence-corrected chi connectivity index (χ2v) is 9.87. The molecule has 34 heavy (non-hydrogen) atoms. The number of carboxylic acids is 1. The second-order valence-electron chi connectivity index (χ2n) is 9.87. The standard InChI is InChI=1S/C29H50O5/c1-2-3-4-5-6-7-8-9-10-11-12-13-14-15-16-17-18-19-20-21-22-24-25(29(33)34)23-26(30)28(32)27(24)31/h23,30-32H,2-22H2,1H3,(H,33,34)/p-1. The monoisotopic (exact) mass is 477 g/mol. The van der Waals surface area contributed by atoms with Crippen LogP contribution in [0.2, 0.25) is 0 Å². The molecule has 0 aromatic heterocycles. The van der Waals surface area contributed by atoms with Gasteiger partial charge in [-0.15, -0.1) is 0 Å². The molecule has 1 rings (SSSR count). The van der Waals surface area contributed by atoms with Gasteiger partial charge in [0.1, 0.15) is 5.75 Å². The predicted octanol–water partition coefficient (Wildman–Crippen LogP) is 8.23. The van der Waals surface area contributed by atoms with Gasteiger partial charge in [0.05, 0.1) is 5.56 Å². The van der Waals surface area contributed by atoms with Crippen molar-refractivity contribution in [2.75, 3.05) is 0 Å². The van der Waals surface area contributed by atoms with Crippen molar-refractivity contribution in [2.24, 2.45) is 0 Å². The van der Waals surface area contributed by atoms with Crippen molar-refractivity contribution in [3.8, 4) is 17.2 Å². The zero-order valence-corrected chi connectivity index (χ0v) is 21.6. The lowest BCUT2D eigenvalue weighted by Gasteiger charge is -2.19. The van der Waals surface area contributed by atoms with Gasteiger partial charge in [0.2, 0.25) is 0 Å². The first kappa shape index (κ1) is 30.1. The van der Waals surface area contributed by atoms with Gasteiger partial charge in [-0.25, -0.2) is 4.79 Å². The molecule has 1 aromatic carbocycles. The van der Waals surface area contributed by atoms with E-state index in [9.17, 15) is 25.2 Å². The molecule has 0 fully saturated rings. The summed E-state index contributed by atoms with van der Waals surface area (Å²) in [4.78, 5) is 11.3. The number of carbonyl (C=O) groups is 1. The summed E-state index contributed by atoms with van der Waals surface area (Å²) in [5.74, 6) is -3.45. The summed E-state index contributed by atoms with van der Waals surface area (Å²) in [6.45, 7) is 2.27. The summed E-state index contributed by atoms with van der Waals surface area (Å²) >= 11 is 0. The average molecular weight is 478 g/mol. The third-order valence-electron chi connectivity index (χ3n) is 6.85. The van der Waals surface area contributed by atoms with Crippen LogP contribution in [-0.2, 0) is 6.42 Å². The topological polar surface area (TPSA) is 101 Å². The van der Waals surface area contributed by atoms with E-state index in [2.05, 4.69) is 6.92 Å². The maximum absolute atomic E-state index is 12.1. The molecule has 0 aliphatic carbocycles. The van der Waals surface area contributed by atoms with Crippen molar-refractivity contribution in [1.82, 2.24) is 0 Å². The van der Waals surface area contributed by atoms with E-state index in [-0.39, 0.29) is 11.1 Å². The highest BCUT2D eigenvalue weighted by Crippen LogP contribution is 2.38. The first-order valence-corrected chi connectivity index (χ1v) is 14.0. The van der Waals surface area contributed by atoms with E-state index in [1.54, 1.807) is 0 Å². The first-order valence-electron chi connectivity index (χ1n) is 14.0. The SMILES string of the molecule is CCCCCCCCCCCCCCCCCCCCCCc1c(C(=O)O)cc(O)c(O)c1[O-]. The number of unbranched alkanes of at least 4 members (excludes halogenated alkanes) is 19. The van der Waals surface area contributed by atoms with Crippen molar-refractivity contribution in [3.05, 3.63) is 17.2 Å². The van der Waals surface area contributed by atoms with Crippen molar-refractivity contribution >= 4 is 5.97 Å². The number of benzene rings is 1. The Morgan fingerprint density at radius 3 is 1.38 bits per heavy atom. The van der Waals surface area contributed by atoms with Crippen LogP contribution in [0.5, 0.6) is 17.2 Å². The van der Waals surface area contributed by atoms with Crippen LogP contribution in [0, 0.1) is 0 Å². The molecule has 0 spiro atoms. The van der Waals surface area contributed by atoms with Crippen LogP contribution in [0.25, 0.3) is 0 Å². The second kappa shape index (κ2) is 19.4. The van der Waals surface area contributed by atoms with Gasteiger partial charge >= 0.3 is 5.97 Å². The molecular formula is C29H49O5-. The fourth-order valence-electron chi connectivity index (χ4n) is 4.67. The molecule has 0 bridgehead atoms. The van der Waals surface area contributed by atoms with Crippen LogP contribution in [0.4, 0.5) is 0 Å². The molecule has 0 atom stereocenters. The number of aromatic hydroxyl groups is 2. The van der Waals surface area contributed by atoms with Gasteiger partial charge in [-0.05, 0) is 24.5 Å². The lowest BCUT2D eigenvalue weighted by Crippen LogP contribution is -2.07. The molecular weight excluding hydrogens is 428 g/mol. The summed E-state index contributed by atoms with van der Waals surface area (Å²) < 4.78 is 0. The Bertz CT molecular complexity index is 671. The molecule has 0 aliphatic rings. The Labute approximate surface area is 207 Å². The lowest BCUT2D eigenvalue weighted by atomic mass is 9.98. The molecule has 3 N–H and O–H groups in total. The van der Waals surface area contributed by atoms with E-state index in [0.29, 0.717) is 12.8 Å². The summed E-state index contributed by atoms with van der Waals surface area (Å²) in [5, 5.41) is 40.4. The predicted molar refractivity (Wildman–Crippen MR) is 138 cm³/mol. The summed E-state index contributed by atoms with van der Waals surface area (Å²) in [6.07, 6.45) is 26.1. The highest BCUT2D eigenvalue weighted by Gasteiger charge is 2.16. The third kappa shape index (κ3) is 13.1. The maximum Gasteiger partial charge on any atom is 0.336 e. The van der Waals surface area contributed by atoms with Gasteiger partial charge in [-0.2, -0.15) is 0 Å². The minimum Gasteiger partial charge on any atom is -0.870 e. The minimum absolute atomic E-state index is 0.0882. The molecule has 1 aromatic rings. The molecule has 5 heteroatoms. The Hall–Kier alpha value is -1.91. The smallest absolute Gasteiger partial charge is 0.336 e. The van der Waals surface area contributed by atoms with Gasteiger partial charge in [-0.3, -0.25) is 0 Å².